The van der Waals surface area contributed by atoms with Gasteiger partial charge in [-0.1, -0.05) is 30.3 Å². The van der Waals surface area contributed by atoms with E-state index in [9.17, 15) is 4.79 Å². The minimum absolute atomic E-state index is 0.0128. The second kappa shape index (κ2) is 9.97. The molecule has 0 aliphatic carbocycles. The van der Waals surface area contributed by atoms with Crippen molar-refractivity contribution in [1.29, 1.82) is 0 Å². The molecule has 8 heteroatoms. The lowest BCUT2D eigenvalue weighted by Crippen LogP contribution is -2.39. The topological polar surface area (TPSA) is 88.0 Å². The Kier molecular flexibility index (Phi) is 6.43. The van der Waals surface area contributed by atoms with Gasteiger partial charge in [-0.05, 0) is 30.5 Å². The summed E-state index contributed by atoms with van der Waals surface area (Å²) in [5.74, 6) is 0.785. The van der Waals surface area contributed by atoms with Gasteiger partial charge in [0.2, 0.25) is 5.95 Å². The molecule has 0 unspecified atom stereocenters. The van der Waals surface area contributed by atoms with Gasteiger partial charge in [-0.25, -0.2) is 19.9 Å². The van der Waals surface area contributed by atoms with Crippen LogP contribution in [0.25, 0.3) is 22.4 Å². The summed E-state index contributed by atoms with van der Waals surface area (Å²) in [5, 5.41) is 0. The highest BCUT2D eigenvalue weighted by molar-refractivity contribution is 5.94. The minimum Gasteiger partial charge on any atom is -0.347 e. The van der Waals surface area contributed by atoms with Crippen molar-refractivity contribution in [3.05, 3.63) is 84.8 Å². The van der Waals surface area contributed by atoms with Crippen LogP contribution >= 0.6 is 0 Å². The Morgan fingerprint density at radius 2 is 1.74 bits per heavy atom. The van der Waals surface area contributed by atoms with Crippen molar-refractivity contribution < 1.29 is 4.79 Å². The zero-order chi connectivity index (χ0) is 24.2. The number of hydrogen-bond acceptors (Lipinski definition) is 7. The van der Waals surface area contributed by atoms with Gasteiger partial charge >= 0.3 is 0 Å². The van der Waals surface area contributed by atoms with Gasteiger partial charge in [-0.2, -0.15) is 0 Å². The number of carbonyl (C=O) groups excluding carboxylic acids is 1. The molecule has 3 aromatic heterocycles. The number of hydrogen-bond donors (Lipinski definition) is 0. The van der Waals surface area contributed by atoms with Crippen molar-refractivity contribution in [1.82, 2.24) is 29.8 Å². The summed E-state index contributed by atoms with van der Waals surface area (Å²) in [5.41, 5.74) is 5.23. The molecule has 176 valence electrons. The van der Waals surface area contributed by atoms with Gasteiger partial charge in [0.05, 0.1) is 17.0 Å². The van der Waals surface area contributed by atoms with E-state index in [1.807, 2.05) is 60.4 Å². The maximum Gasteiger partial charge on any atom is 0.255 e. The van der Waals surface area contributed by atoms with E-state index >= 15 is 0 Å². The van der Waals surface area contributed by atoms with Gasteiger partial charge in [-0.3, -0.25) is 9.78 Å². The molecule has 1 aliphatic rings. The Bertz CT molecular complexity index is 1290. The van der Waals surface area contributed by atoms with Crippen LogP contribution in [0.5, 0.6) is 0 Å². The normalized spacial score (nSPS) is 15.6. The lowest BCUT2D eigenvalue weighted by Gasteiger charge is -2.33. The number of nitrogens with zero attached hydrogens (tertiary/aromatic N) is 7. The molecule has 0 radical (unpaired) electrons. The Morgan fingerprint density at radius 3 is 2.46 bits per heavy atom. The Morgan fingerprint density at radius 1 is 0.943 bits per heavy atom. The molecule has 1 amide bonds. The van der Waals surface area contributed by atoms with Crippen LogP contribution in [0.1, 0.15) is 34.8 Å². The lowest BCUT2D eigenvalue weighted by molar-refractivity contribution is 0.0705. The van der Waals surface area contributed by atoms with E-state index in [2.05, 4.69) is 32.1 Å². The van der Waals surface area contributed by atoms with Crippen LogP contribution in [0.2, 0.25) is 0 Å². The van der Waals surface area contributed by atoms with Gasteiger partial charge in [-0.15, -0.1) is 0 Å². The molecule has 5 rings (SSSR count). The van der Waals surface area contributed by atoms with E-state index in [1.165, 1.54) is 6.33 Å². The first-order valence-corrected chi connectivity index (χ1v) is 11.7. The Labute approximate surface area is 204 Å². The van der Waals surface area contributed by atoms with Crippen molar-refractivity contribution >= 4 is 11.9 Å². The molecule has 1 atom stereocenters. The van der Waals surface area contributed by atoms with Crippen molar-refractivity contribution in [2.45, 2.75) is 18.8 Å². The van der Waals surface area contributed by atoms with Crippen LogP contribution in [0.3, 0.4) is 0 Å². The summed E-state index contributed by atoms with van der Waals surface area (Å²) in [4.78, 5) is 39.2. The fourth-order valence-corrected chi connectivity index (χ4v) is 4.44. The number of benzene rings is 1. The molecule has 1 saturated heterocycles. The van der Waals surface area contributed by atoms with E-state index < -0.39 is 0 Å². The number of rotatable bonds is 5. The average Bonchev–Trinajstić information content (AvgIpc) is 2.93. The maximum absolute atomic E-state index is 13.4. The fraction of sp³-hybridized carbons (Fsp3) is 0.259. The fourth-order valence-electron chi connectivity index (χ4n) is 4.44. The molecule has 1 fully saturated rings. The largest absolute Gasteiger partial charge is 0.347 e. The molecule has 0 N–H and O–H groups in total. The van der Waals surface area contributed by atoms with Gasteiger partial charge < -0.3 is 9.80 Å². The summed E-state index contributed by atoms with van der Waals surface area (Å²) < 4.78 is 0. The second-order valence-corrected chi connectivity index (χ2v) is 8.88. The van der Waals surface area contributed by atoms with E-state index in [1.54, 1.807) is 18.6 Å². The van der Waals surface area contributed by atoms with E-state index in [-0.39, 0.29) is 11.8 Å². The summed E-state index contributed by atoms with van der Waals surface area (Å²) in [6.07, 6.45) is 10.3. The number of carbonyl (C=O) groups is 1. The summed E-state index contributed by atoms with van der Waals surface area (Å²) in [6.45, 7) is 1.33. The molecule has 35 heavy (non-hydrogen) atoms. The van der Waals surface area contributed by atoms with Crippen LogP contribution < -0.4 is 4.90 Å². The molecule has 0 spiro atoms. The number of likely N-dealkylation sites (tertiary alicyclic amines) is 1. The highest BCUT2D eigenvalue weighted by Crippen LogP contribution is 2.34. The summed E-state index contributed by atoms with van der Waals surface area (Å²) in [7, 11) is 3.88. The van der Waals surface area contributed by atoms with Gasteiger partial charge in [0.25, 0.3) is 5.91 Å². The SMILES string of the molecule is CN(C)c1ncc(-c2ccccc2)c([C@H]2CCCN(C(=O)c3ccc(-c4cncnc4)nc3)C2)n1. The van der Waals surface area contributed by atoms with Crippen molar-refractivity contribution in [3.8, 4) is 22.4 Å². The van der Waals surface area contributed by atoms with Crippen LogP contribution in [0.4, 0.5) is 5.95 Å². The smallest absolute Gasteiger partial charge is 0.255 e. The summed E-state index contributed by atoms with van der Waals surface area (Å²) >= 11 is 0. The quantitative estimate of drug-likeness (QED) is 0.439. The zero-order valence-electron chi connectivity index (χ0n) is 19.9. The predicted octanol–water partition coefficient (Wildman–Crippen LogP) is 4.08. The first-order chi connectivity index (χ1) is 17.1. The Hall–Kier alpha value is -4.20. The molecule has 1 aromatic carbocycles. The van der Waals surface area contributed by atoms with Crippen LogP contribution in [-0.2, 0) is 0 Å². The average molecular weight is 466 g/mol. The van der Waals surface area contributed by atoms with Gasteiger partial charge in [0.1, 0.15) is 6.33 Å². The van der Waals surface area contributed by atoms with E-state index in [0.29, 0.717) is 18.1 Å². The minimum atomic E-state index is -0.0128. The molecule has 4 heterocycles. The second-order valence-electron chi connectivity index (χ2n) is 8.88. The molecular formula is C27H27N7O. The third-order valence-electron chi connectivity index (χ3n) is 6.25. The molecule has 1 aliphatic heterocycles. The molecule has 8 nitrogen and oxygen atoms in total. The number of aromatic nitrogens is 5. The Balaban J connectivity index is 1.40. The summed E-state index contributed by atoms with van der Waals surface area (Å²) in [6, 6.07) is 13.9. The van der Waals surface area contributed by atoms with Crippen LogP contribution in [0.15, 0.2) is 73.6 Å². The number of anilines is 1. The van der Waals surface area contributed by atoms with Crippen LogP contribution in [-0.4, -0.2) is 62.9 Å². The van der Waals surface area contributed by atoms with Gasteiger partial charge in [0.15, 0.2) is 0 Å². The third-order valence-corrected chi connectivity index (χ3v) is 6.25. The monoisotopic (exact) mass is 465 g/mol. The number of amides is 1. The maximum atomic E-state index is 13.4. The molecule has 4 aromatic rings. The third kappa shape index (κ3) is 4.87. The van der Waals surface area contributed by atoms with Crippen molar-refractivity contribution in [3.63, 3.8) is 0 Å². The standard InChI is InChI=1S/C27H27N7O/c1-33(2)27-31-16-23(19-7-4-3-5-8-19)25(32-27)21-9-6-12-34(17-21)26(35)20-10-11-24(30-15-20)22-13-28-18-29-14-22/h3-5,7-8,10-11,13-16,18,21H,6,9,12,17H2,1-2H3/t21-/m0/s1. The highest BCUT2D eigenvalue weighted by Gasteiger charge is 2.29. The molecule has 0 bridgehead atoms. The van der Waals surface area contributed by atoms with Gasteiger partial charge in [0, 0.05) is 69.0 Å². The number of pyridine rings is 1. The van der Waals surface area contributed by atoms with Crippen LogP contribution in [0, 0.1) is 0 Å². The van der Waals surface area contributed by atoms with E-state index in [0.717, 1.165) is 47.5 Å². The van der Waals surface area contributed by atoms with Crippen molar-refractivity contribution in [2.75, 3.05) is 32.1 Å². The first-order valence-electron chi connectivity index (χ1n) is 11.7. The number of piperidine rings is 1. The van der Waals surface area contributed by atoms with Crippen molar-refractivity contribution in [2.24, 2.45) is 0 Å². The zero-order valence-corrected chi connectivity index (χ0v) is 19.9. The predicted molar refractivity (Wildman–Crippen MR) is 135 cm³/mol. The molecular weight excluding hydrogens is 438 g/mol. The molecule has 0 saturated carbocycles. The first kappa shape index (κ1) is 22.6. The highest BCUT2D eigenvalue weighted by atomic mass is 16.2. The van der Waals surface area contributed by atoms with E-state index in [4.69, 9.17) is 4.98 Å². The lowest BCUT2D eigenvalue weighted by atomic mass is 9.89.